The standard InChI is InChI=1S/C19H26ClFN2O3S/c1-3-18(19(24)22-12-11-14-7-5-4-6-8-14)23(27(2,25)26)15-9-10-17(21)16(20)13-15/h7,9-10,13,18H,3-6,8,11-12H2,1-2H3,(H,22,24)/t18-/m0/s1. The molecule has 1 amide bonds. The summed E-state index contributed by atoms with van der Waals surface area (Å²) >= 11 is 5.80. The lowest BCUT2D eigenvalue weighted by Crippen LogP contribution is -2.49. The van der Waals surface area contributed by atoms with Crippen molar-refractivity contribution in [2.45, 2.75) is 51.5 Å². The van der Waals surface area contributed by atoms with Crippen molar-refractivity contribution in [2.24, 2.45) is 0 Å². The number of anilines is 1. The van der Waals surface area contributed by atoms with Crippen LogP contribution in [0.2, 0.25) is 5.02 Å². The van der Waals surface area contributed by atoms with E-state index >= 15 is 0 Å². The average molecular weight is 417 g/mol. The zero-order valence-corrected chi connectivity index (χ0v) is 17.2. The van der Waals surface area contributed by atoms with E-state index in [1.54, 1.807) is 6.92 Å². The molecule has 0 aromatic heterocycles. The van der Waals surface area contributed by atoms with Crippen molar-refractivity contribution in [1.82, 2.24) is 5.32 Å². The highest BCUT2D eigenvalue weighted by molar-refractivity contribution is 7.92. The number of benzene rings is 1. The van der Waals surface area contributed by atoms with Gasteiger partial charge in [-0.05, 0) is 56.7 Å². The highest BCUT2D eigenvalue weighted by atomic mass is 35.5. The zero-order valence-electron chi connectivity index (χ0n) is 15.7. The van der Waals surface area contributed by atoms with Crippen LogP contribution in [0.4, 0.5) is 10.1 Å². The van der Waals surface area contributed by atoms with Crippen LogP contribution in [0.25, 0.3) is 0 Å². The second kappa shape index (κ2) is 9.55. The minimum atomic E-state index is -3.77. The van der Waals surface area contributed by atoms with Gasteiger partial charge in [-0.3, -0.25) is 9.10 Å². The molecule has 1 aromatic rings. The Labute approximate surface area is 165 Å². The normalized spacial score (nSPS) is 15.8. The molecule has 0 aliphatic heterocycles. The molecule has 27 heavy (non-hydrogen) atoms. The average Bonchev–Trinajstić information content (AvgIpc) is 2.62. The lowest BCUT2D eigenvalue weighted by molar-refractivity contribution is -0.122. The van der Waals surface area contributed by atoms with Crippen molar-refractivity contribution in [3.8, 4) is 0 Å². The maximum Gasteiger partial charge on any atom is 0.243 e. The van der Waals surface area contributed by atoms with E-state index in [-0.39, 0.29) is 23.0 Å². The van der Waals surface area contributed by atoms with E-state index in [9.17, 15) is 17.6 Å². The summed E-state index contributed by atoms with van der Waals surface area (Å²) < 4.78 is 39.2. The zero-order chi connectivity index (χ0) is 20.0. The summed E-state index contributed by atoms with van der Waals surface area (Å²) in [6.45, 7) is 2.19. The molecule has 1 atom stereocenters. The van der Waals surface area contributed by atoms with Gasteiger partial charge in [0.2, 0.25) is 15.9 Å². The van der Waals surface area contributed by atoms with Gasteiger partial charge in [0.1, 0.15) is 11.9 Å². The fourth-order valence-corrected chi connectivity index (χ4v) is 4.66. The van der Waals surface area contributed by atoms with Crippen LogP contribution in [0.3, 0.4) is 0 Å². The van der Waals surface area contributed by atoms with Gasteiger partial charge in [-0.15, -0.1) is 0 Å². The van der Waals surface area contributed by atoms with E-state index in [1.165, 1.54) is 30.5 Å². The number of halogens is 2. The van der Waals surface area contributed by atoms with Crippen LogP contribution in [-0.2, 0) is 14.8 Å². The predicted octanol–water partition coefficient (Wildman–Crippen LogP) is 4.03. The Bertz CT molecular complexity index is 811. The number of hydrogen-bond donors (Lipinski definition) is 1. The molecular formula is C19H26ClFN2O3S. The van der Waals surface area contributed by atoms with Crippen LogP contribution < -0.4 is 9.62 Å². The van der Waals surface area contributed by atoms with Gasteiger partial charge in [-0.25, -0.2) is 12.8 Å². The summed E-state index contributed by atoms with van der Waals surface area (Å²) in [5.74, 6) is -1.02. The van der Waals surface area contributed by atoms with Crippen molar-refractivity contribution in [2.75, 3.05) is 17.1 Å². The summed E-state index contributed by atoms with van der Waals surface area (Å²) in [6, 6.07) is 2.70. The minimum absolute atomic E-state index is 0.167. The molecule has 5 nitrogen and oxygen atoms in total. The Morgan fingerprint density at radius 2 is 2.11 bits per heavy atom. The van der Waals surface area contributed by atoms with E-state index in [1.807, 2.05) is 0 Å². The number of carbonyl (C=O) groups is 1. The Morgan fingerprint density at radius 1 is 1.37 bits per heavy atom. The third-order valence-electron chi connectivity index (χ3n) is 4.62. The molecule has 0 saturated heterocycles. The Kier molecular flexibility index (Phi) is 7.68. The first-order valence-corrected chi connectivity index (χ1v) is 11.4. The summed E-state index contributed by atoms with van der Waals surface area (Å²) in [5, 5.41) is 2.64. The van der Waals surface area contributed by atoms with Gasteiger partial charge in [0.05, 0.1) is 17.0 Å². The number of nitrogens with one attached hydrogen (secondary N) is 1. The largest absolute Gasteiger partial charge is 0.354 e. The molecule has 0 heterocycles. The number of carbonyl (C=O) groups excluding carboxylic acids is 1. The number of rotatable bonds is 8. The molecular weight excluding hydrogens is 391 g/mol. The molecule has 0 unspecified atom stereocenters. The Morgan fingerprint density at radius 3 is 2.67 bits per heavy atom. The van der Waals surface area contributed by atoms with Crippen molar-refractivity contribution in [3.63, 3.8) is 0 Å². The summed E-state index contributed by atoms with van der Waals surface area (Å²) in [6.07, 6.45) is 8.79. The third-order valence-corrected chi connectivity index (χ3v) is 6.09. The van der Waals surface area contributed by atoms with Crippen LogP contribution in [0, 0.1) is 5.82 Å². The molecule has 150 valence electrons. The predicted molar refractivity (Wildman–Crippen MR) is 107 cm³/mol. The highest BCUT2D eigenvalue weighted by Crippen LogP contribution is 2.27. The second-order valence-corrected chi connectivity index (χ2v) is 9.00. The van der Waals surface area contributed by atoms with E-state index in [2.05, 4.69) is 11.4 Å². The molecule has 0 fully saturated rings. The first-order chi connectivity index (χ1) is 12.7. The van der Waals surface area contributed by atoms with Gasteiger partial charge in [-0.1, -0.05) is 30.2 Å². The van der Waals surface area contributed by atoms with Crippen LogP contribution in [0.5, 0.6) is 0 Å². The van der Waals surface area contributed by atoms with Crippen LogP contribution in [0.1, 0.15) is 45.4 Å². The topological polar surface area (TPSA) is 66.5 Å². The second-order valence-electron chi connectivity index (χ2n) is 6.73. The number of allylic oxidation sites excluding steroid dienone is 1. The number of amides is 1. The van der Waals surface area contributed by atoms with Crippen LogP contribution in [0.15, 0.2) is 29.8 Å². The third kappa shape index (κ3) is 5.94. The molecule has 1 N–H and O–H groups in total. The van der Waals surface area contributed by atoms with E-state index in [0.29, 0.717) is 6.54 Å². The summed E-state index contributed by atoms with van der Waals surface area (Å²) in [4.78, 5) is 12.7. The Balaban J connectivity index is 2.15. The van der Waals surface area contributed by atoms with Crippen molar-refractivity contribution >= 4 is 33.2 Å². The smallest absolute Gasteiger partial charge is 0.243 e. The molecule has 2 rings (SSSR count). The van der Waals surface area contributed by atoms with Crippen molar-refractivity contribution < 1.29 is 17.6 Å². The first-order valence-electron chi connectivity index (χ1n) is 9.14. The highest BCUT2D eigenvalue weighted by Gasteiger charge is 2.31. The van der Waals surface area contributed by atoms with E-state index in [0.717, 1.165) is 35.9 Å². The maximum absolute atomic E-state index is 13.5. The minimum Gasteiger partial charge on any atom is -0.354 e. The first kappa shape index (κ1) is 21.7. The molecule has 8 heteroatoms. The Hall–Kier alpha value is -1.60. The lowest BCUT2D eigenvalue weighted by atomic mass is 9.97. The van der Waals surface area contributed by atoms with Crippen molar-refractivity contribution in [3.05, 3.63) is 40.7 Å². The molecule has 1 aromatic carbocycles. The van der Waals surface area contributed by atoms with Crippen LogP contribution >= 0.6 is 11.6 Å². The lowest BCUT2D eigenvalue weighted by Gasteiger charge is -2.30. The molecule has 0 bridgehead atoms. The summed E-state index contributed by atoms with van der Waals surface area (Å²) in [7, 11) is -3.77. The maximum atomic E-state index is 13.5. The fourth-order valence-electron chi connectivity index (χ4n) is 3.28. The quantitative estimate of drug-likeness (QED) is 0.650. The van der Waals surface area contributed by atoms with E-state index < -0.39 is 21.9 Å². The fraction of sp³-hybridized carbons (Fsp3) is 0.526. The van der Waals surface area contributed by atoms with Gasteiger partial charge in [0.15, 0.2) is 0 Å². The van der Waals surface area contributed by atoms with Crippen molar-refractivity contribution in [1.29, 1.82) is 0 Å². The molecule has 1 aliphatic rings. The SMILES string of the molecule is CC[C@@H](C(=O)NCCC1=CCCCC1)N(c1ccc(F)c(Cl)c1)S(C)(=O)=O. The van der Waals surface area contributed by atoms with Crippen LogP contribution in [-0.4, -0.2) is 33.2 Å². The van der Waals surface area contributed by atoms with Gasteiger partial charge in [0.25, 0.3) is 0 Å². The number of sulfonamides is 1. The molecule has 1 aliphatic carbocycles. The number of nitrogens with zero attached hydrogens (tertiary/aromatic N) is 1. The number of hydrogen-bond acceptors (Lipinski definition) is 3. The molecule has 0 saturated carbocycles. The monoisotopic (exact) mass is 416 g/mol. The van der Waals surface area contributed by atoms with E-state index in [4.69, 9.17) is 11.6 Å². The van der Waals surface area contributed by atoms with Gasteiger partial charge >= 0.3 is 0 Å². The molecule has 0 radical (unpaired) electrons. The summed E-state index contributed by atoms with van der Waals surface area (Å²) in [5.41, 5.74) is 1.50. The van der Waals surface area contributed by atoms with Gasteiger partial charge < -0.3 is 5.32 Å². The van der Waals surface area contributed by atoms with Gasteiger partial charge in [0, 0.05) is 6.54 Å². The molecule has 0 spiro atoms. The van der Waals surface area contributed by atoms with Gasteiger partial charge in [-0.2, -0.15) is 0 Å².